The fourth-order valence-electron chi connectivity index (χ4n) is 1.59. The second-order valence-electron chi connectivity index (χ2n) is 3.80. The Balaban J connectivity index is 2.32. The van der Waals surface area contributed by atoms with Crippen molar-refractivity contribution in [2.45, 2.75) is 10.1 Å². The normalized spacial score (nSPS) is 12.1. The monoisotopic (exact) mass is 312 g/mol. The van der Waals surface area contributed by atoms with E-state index in [1.54, 1.807) is 30.3 Å². The Morgan fingerprint density at radius 2 is 1.74 bits per heavy atom. The molecule has 0 radical (unpaired) electrons. The molecule has 5 heteroatoms. The summed E-state index contributed by atoms with van der Waals surface area (Å²) >= 11 is 13.2. The van der Waals surface area contributed by atoms with Gasteiger partial charge in [0.15, 0.2) is 0 Å². The Morgan fingerprint density at radius 3 is 2.37 bits per heavy atom. The summed E-state index contributed by atoms with van der Waals surface area (Å²) in [5.41, 5.74) is 0.719. The van der Waals surface area contributed by atoms with Crippen molar-refractivity contribution < 1.29 is 9.90 Å². The molecule has 0 aliphatic rings. The number of carboxylic acids is 1. The van der Waals surface area contributed by atoms with E-state index >= 15 is 0 Å². The molecular weight excluding hydrogens is 303 g/mol. The summed E-state index contributed by atoms with van der Waals surface area (Å²) in [5.74, 6) is -0.910. The molecule has 2 rings (SSSR count). The van der Waals surface area contributed by atoms with Crippen molar-refractivity contribution in [1.82, 2.24) is 0 Å². The van der Waals surface area contributed by atoms with Crippen molar-refractivity contribution in [2.24, 2.45) is 0 Å². The first-order valence-electron chi connectivity index (χ1n) is 5.48. The van der Waals surface area contributed by atoms with Crippen LogP contribution < -0.4 is 0 Å². The van der Waals surface area contributed by atoms with E-state index in [9.17, 15) is 9.90 Å². The van der Waals surface area contributed by atoms with Crippen LogP contribution in [0.15, 0.2) is 53.4 Å². The summed E-state index contributed by atoms with van der Waals surface area (Å²) in [6, 6.07) is 14.2. The average Bonchev–Trinajstić information content (AvgIpc) is 2.41. The maximum Gasteiger partial charge on any atom is 0.321 e. The molecule has 0 aliphatic heterocycles. The van der Waals surface area contributed by atoms with Gasteiger partial charge in [-0.15, -0.1) is 11.8 Å². The molecule has 2 nitrogen and oxygen atoms in total. The fraction of sp³-hybridized carbons (Fsp3) is 0.0714. The Kier molecular flexibility index (Phi) is 4.75. The maximum absolute atomic E-state index is 11.4. The topological polar surface area (TPSA) is 37.3 Å². The van der Waals surface area contributed by atoms with Gasteiger partial charge < -0.3 is 5.11 Å². The molecular formula is C14H10Cl2O2S. The number of hydrogen-bond acceptors (Lipinski definition) is 2. The van der Waals surface area contributed by atoms with Crippen LogP contribution >= 0.6 is 35.0 Å². The number of aliphatic carboxylic acids is 1. The lowest BCUT2D eigenvalue weighted by Gasteiger charge is -2.13. The van der Waals surface area contributed by atoms with Crippen molar-refractivity contribution in [2.75, 3.05) is 0 Å². The van der Waals surface area contributed by atoms with Crippen molar-refractivity contribution in [3.63, 3.8) is 0 Å². The number of hydrogen-bond donors (Lipinski definition) is 1. The molecule has 0 aromatic heterocycles. The highest BCUT2D eigenvalue weighted by Gasteiger charge is 2.22. The molecule has 2 aromatic carbocycles. The number of thioether (sulfide) groups is 1. The lowest BCUT2D eigenvalue weighted by atomic mass is 10.1. The van der Waals surface area contributed by atoms with Crippen LogP contribution in [-0.4, -0.2) is 11.1 Å². The van der Waals surface area contributed by atoms with E-state index in [1.807, 2.05) is 18.2 Å². The predicted molar refractivity (Wildman–Crippen MR) is 79.1 cm³/mol. The fourth-order valence-corrected chi connectivity index (χ4v) is 3.10. The molecule has 98 valence electrons. The second-order valence-corrected chi connectivity index (χ2v) is 5.73. The van der Waals surface area contributed by atoms with Crippen molar-refractivity contribution >= 4 is 40.9 Å². The third kappa shape index (κ3) is 3.44. The van der Waals surface area contributed by atoms with Crippen molar-refractivity contribution in [3.05, 3.63) is 64.1 Å². The highest BCUT2D eigenvalue weighted by molar-refractivity contribution is 8.00. The van der Waals surface area contributed by atoms with Gasteiger partial charge in [-0.25, -0.2) is 0 Å². The van der Waals surface area contributed by atoms with Crippen LogP contribution in [0.4, 0.5) is 0 Å². The Hall–Kier alpha value is -1.16. The van der Waals surface area contributed by atoms with E-state index in [2.05, 4.69) is 0 Å². The minimum atomic E-state index is -0.910. The summed E-state index contributed by atoms with van der Waals surface area (Å²) in [5, 5.41) is 9.45. The van der Waals surface area contributed by atoms with Crippen LogP contribution in [0.3, 0.4) is 0 Å². The van der Waals surface area contributed by atoms with Gasteiger partial charge in [-0.2, -0.15) is 0 Å². The first kappa shape index (κ1) is 14.3. The quantitative estimate of drug-likeness (QED) is 0.815. The van der Waals surface area contributed by atoms with Gasteiger partial charge in [0.1, 0.15) is 5.25 Å². The van der Waals surface area contributed by atoms with Crippen LogP contribution in [0, 0.1) is 0 Å². The zero-order chi connectivity index (χ0) is 13.8. The predicted octanol–water partition coefficient (Wildman–Crippen LogP) is 4.91. The van der Waals surface area contributed by atoms with Crippen LogP contribution in [-0.2, 0) is 4.79 Å². The summed E-state index contributed by atoms with van der Waals surface area (Å²) in [6.45, 7) is 0. The third-order valence-corrected chi connectivity index (χ3v) is 4.72. The van der Waals surface area contributed by atoms with Crippen LogP contribution in [0.25, 0.3) is 0 Å². The standard InChI is InChI=1S/C14H10Cl2O2S/c15-10-7-4-8-11(12(10)16)19-13(14(17)18)9-5-2-1-3-6-9/h1-8,13H,(H,17,18). The minimum absolute atomic E-state index is 0.386. The molecule has 0 fully saturated rings. The SMILES string of the molecule is O=C(O)C(Sc1cccc(Cl)c1Cl)c1ccccc1. The first-order chi connectivity index (χ1) is 9.09. The highest BCUT2D eigenvalue weighted by atomic mass is 35.5. The summed E-state index contributed by atoms with van der Waals surface area (Å²) in [7, 11) is 0. The molecule has 2 aromatic rings. The van der Waals surface area contributed by atoms with E-state index in [-0.39, 0.29) is 0 Å². The van der Waals surface area contributed by atoms with Gasteiger partial charge >= 0.3 is 5.97 Å². The molecule has 0 aliphatic carbocycles. The van der Waals surface area contributed by atoms with E-state index < -0.39 is 11.2 Å². The average molecular weight is 313 g/mol. The summed E-state index contributed by atoms with van der Waals surface area (Å²) in [6.07, 6.45) is 0. The lowest BCUT2D eigenvalue weighted by Crippen LogP contribution is -2.07. The molecule has 1 atom stereocenters. The Morgan fingerprint density at radius 1 is 1.05 bits per heavy atom. The van der Waals surface area contributed by atoms with Gasteiger partial charge in [-0.05, 0) is 17.7 Å². The van der Waals surface area contributed by atoms with Crippen molar-refractivity contribution in [3.8, 4) is 0 Å². The van der Waals surface area contributed by atoms with Crippen LogP contribution in [0.2, 0.25) is 10.0 Å². The summed E-state index contributed by atoms with van der Waals surface area (Å²) < 4.78 is 0. The number of rotatable bonds is 4. The number of benzene rings is 2. The zero-order valence-corrected chi connectivity index (χ0v) is 12.0. The number of halogens is 2. The smallest absolute Gasteiger partial charge is 0.321 e. The van der Waals surface area contributed by atoms with Crippen LogP contribution in [0.5, 0.6) is 0 Å². The van der Waals surface area contributed by atoms with Crippen LogP contribution in [0.1, 0.15) is 10.8 Å². The first-order valence-corrected chi connectivity index (χ1v) is 7.11. The number of carboxylic acid groups (broad SMARTS) is 1. The molecule has 0 spiro atoms. The molecule has 0 saturated heterocycles. The van der Waals surface area contributed by atoms with E-state index in [4.69, 9.17) is 23.2 Å². The molecule has 1 unspecified atom stereocenters. The molecule has 0 saturated carbocycles. The molecule has 0 bridgehead atoms. The van der Waals surface area contributed by atoms with Gasteiger partial charge in [-0.1, -0.05) is 59.6 Å². The van der Waals surface area contributed by atoms with Gasteiger partial charge in [0, 0.05) is 4.90 Å². The molecule has 0 amide bonds. The Labute approximate surface area is 125 Å². The Bertz CT molecular complexity index is 587. The zero-order valence-electron chi connectivity index (χ0n) is 9.72. The third-order valence-electron chi connectivity index (χ3n) is 2.49. The molecule has 1 N–H and O–H groups in total. The van der Waals surface area contributed by atoms with Gasteiger partial charge in [0.25, 0.3) is 0 Å². The van der Waals surface area contributed by atoms with Gasteiger partial charge in [0.05, 0.1) is 10.0 Å². The van der Waals surface area contributed by atoms with E-state index in [0.29, 0.717) is 14.9 Å². The minimum Gasteiger partial charge on any atom is -0.480 e. The second kappa shape index (κ2) is 6.33. The van der Waals surface area contributed by atoms with Gasteiger partial charge in [-0.3, -0.25) is 4.79 Å². The van der Waals surface area contributed by atoms with E-state index in [0.717, 1.165) is 5.56 Å². The van der Waals surface area contributed by atoms with Gasteiger partial charge in [0.2, 0.25) is 0 Å². The largest absolute Gasteiger partial charge is 0.480 e. The van der Waals surface area contributed by atoms with E-state index in [1.165, 1.54) is 11.8 Å². The molecule has 19 heavy (non-hydrogen) atoms. The maximum atomic E-state index is 11.4. The van der Waals surface area contributed by atoms with Crippen molar-refractivity contribution in [1.29, 1.82) is 0 Å². The summed E-state index contributed by atoms with van der Waals surface area (Å²) in [4.78, 5) is 12.1. The lowest BCUT2D eigenvalue weighted by molar-refractivity contribution is -0.136. The highest BCUT2D eigenvalue weighted by Crippen LogP contribution is 2.41. The molecule has 0 heterocycles. The number of carbonyl (C=O) groups is 1.